The van der Waals surface area contributed by atoms with Gasteiger partial charge in [0.2, 0.25) is 11.9 Å². The van der Waals surface area contributed by atoms with Crippen LogP contribution in [0.25, 0.3) is 0 Å². The summed E-state index contributed by atoms with van der Waals surface area (Å²) in [4.78, 5) is 33.7. The molecule has 1 aliphatic heterocycles. The molecule has 0 radical (unpaired) electrons. The minimum atomic E-state index is -0.113. The maximum Gasteiger partial charge on any atom is 0.252 e. The van der Waals surface area contributed by atoms with Crippen molar-refractivity contribution in [3.05, 3.63) is 22.1 Å². The van der Waals surface area contributed by atoms with Gasteiger partial charge in [-0.15, -0.1) is 0 Å². The number of carbonyl (C=O) groups is 1. The first-order chi connectivity index (χ1) is 11.8. The highest BCUT2D eigenvalue weighted by atomic mass is 16.2. The largest absolute Gasteiger partial charge is 0.353 e. The van der Waals surface area contributed by atoms with Crippen molar-refractivity contribution >= 4 is 11.9 Å². The van der Waals surface area contributed by atoms with Crippen molar-refractivity contribution in [2.75, 3.05) is 18.0 Å². The number of hydrogen-bond acceptors (Lipinski definition) is 4. The monoisotopic (exact) mass is 346 g/mol. The number of hydrogen-bond donors (Lipinski definition) is 2. The lowest BCUT2D eigenvalue weighted by Gasteiger charge is -2.39. The van der Waals surface area contributed by atoms with E-state index in [0.29, 0.717) is 5.95 Å². The lowest BCUT2D eigenvalue weighted by Crippen LogP contribution is -2.49. The Bertz CT molecular complexity index is 674. The van der Waals surface area contributed by atoms with Crippen LogP contribution in [-0.2, 0) is 4.79 Å². The molecule has 25 heavy (non-hydrogen) atoms. The van der Waals surface area contributed by atoms with Gasteiger partial charge in [-0.05, 0) is 38.0 Å². The Hall–Kier alpha value is -1.85. The number of piperidine rings is 1. The van der Waals surface area contributed by atoms with Gasteiger partial charge in [-0.3, -0.25) is 14.6 Å². The number of rotatable bonds is 3. The van der Waals surface area contributed by atoms with Crippen LogP contribution in [0.4, 0.5) is 5.95 Å². The van der Waals surface area contributed by atoms with E-state index in [-0.39, 0.29) is 28.8 Å². The predicted octanol–water partition coefficient (Wildman–Crippen LogP) is 2.38. The number of aromatic nitrogens is 2. The van der Waals surface area contributed by atoms with E-state index in [9.17, 15) is 9.59 Å². The quantitative estimate of drug-likeness (QED) is 0.881. The minimum absolute atomic E-state index is 0.105. The summed E-state index contributed by atoms with van der Waals surface area (Å²) in [5, 5.41) is 3.28. The Morgan fingerprint density at radius 2 is 2.00 bits per heavy atom. The summed E-state index contributed by atoms with van der Waals surface area (Å²) >= 11 is 0. The third-order valence-electron chi connectivity index (χ3n) is 5.82. The van der Waals surface area contributed by atoms with Gasteiger partial charge in [-0.1, -0.05) is 26.7 Å². The van der Waals surface area contributed by atoms with E-state index in [1.807, 2.05) is 6.92 Å². The second-order valence-electron chi connectivity index (χ2n) is 8.27. The molecule has 6 nitrogen and oxygen atoms in total. The minimum Gasteiger partial charge on any atom is -0.353 e. The lowest BCUT2D eigenvalue weighted by molar-refractivity contribution is -0.131. The van der Waals surface area contributed by atoms with Crippen LogP contribution in [0.5, 0.6) is 0 Å². The van der Waals surface area contributed by atoms with Crippen LogP contribution in [0.3, 0.4) is 0 Å². The van der Waals surface area contributed by atoms with Crippen molar-refractivity contribution in [3.63, 3.8) is 0 Å². The Labute approximate surface area is 149 Å². The molecule has 2 heterocycles. The molecule has 2 aliphatic rings. The van der Waals surface area contributed by atoms with E-state index in [1.54, 1.807) is 0 Å². The summed E-state index contributed by atoms with van der Waals surface area (Å²) in [6.07, 6.45) is 6.30. The zero-order chi connectivity index (χ0) is 18.0. The van der Waals surface area contributed by atoms with E-state index in [4.69, 9.17) is 0 Å². The van der Waals surface area contributed by atoms with Gasteiger partial charge < -0.3 is 10.2 Å². The Morgan fingerprint density at radius 3 is 2.64 bits per heavy atom. The van der Waals surface area contributed by atoms with Gasteiger partial charge in [-0.25, -0.2) is 4.98 Å². The van der Waals surface area contributed by atoms with Crippen molar-refractivity contribution < 1.29 is 4.79 Å². The number of H-pyrrole nitrogens is 1. The second kappa shape index (κ2) is 7.18. The lowest BCUT2D eigenvalue weighted by atomic mass is 9.68. The predicted molar refractivity (Wildman–Crippen MR) is 98.7 cm³/mol. The number of carbonyl (C=O) groups excluding carboxylic acids is 1. The molecule has 138 valence electrons. The number of aryl methyl sites for hydroxylation is 1. The summed E-state index contributed by atoms with van der Waals surface area (Å²) in [6.45, 7) is 7.87. The molecule has 1 aliphatic carbocycles. The highest BCUT2D eigenvalue weighted by Crippen LogP contribution is 2.40. The molecule has 0 spiro atoms. The third-order valence-corrected chi connectivity index (χ3v) is 5.82. The van der Waals surface area contributed by atoms with Crippen LogP contribution < -0.4 is 15.8 Å². The normalized spacial score (nSPS) is 24.1. The number of aromatic amines is 1. The Kier molecular flexibility index (Phi) is 5.16. The van der Waals surface area contributed by atoms with Gasteiger partial charge in [0.15, 0.2) is 0 Å². The smallest absolute Gasteiger partial charge is 0.252 e. The fourth-order valence-electron chi connectivity index (χ4n) is 4.23. The van der Waals surface area contributed by atoms with E-state index >= 15 is 0 Å². The fourth-order valence-corrected chi connectivity index (χ4v) is 4.23. The standard InChI is InChI=1S/C19H30N4O2/c1-13-12-16(24)22-18(20-13)23-10-7-14(8-11-23)21-17(25)15-6-4-5-9-19(15,2)3/h12,14-15H,4-11H2,1-3H3,(H,21,25)(H,20,22,24). The molecule has 1 saturated carbocycles. The zero-order valence-electron chi connectivity index (χ0n) is 15.6. The maximum absolute atomic E-state index is 12.7. The first-order valence-electron chi connectivity index (χ1n) is 9.48. The van der Waals surface area contributed by atoms with E-state index in [1.165, 1.54) is 12.5 Å². The topological polar surface area (TPSA) is 78.1 Å². The molecular formula is C19H30N4O2. The highest BCUT2D eigenvalue weighted by Gasteiger charge is 2.38. The average molecular weight is 346 g/mol. The molecule has 1 atom stereocenters. The Balaban J connectivity index is 1.55. The van der Waals surface area contributed by atoms with Gasteiger partial charge >= 0.3 is 0 Å². The molecule has 3 rings (SSSR count). The molecule has 6 heteroatoms. The van der Waals surface area contributed by atoms with Gasteiger partial charge in [0.05, 0.1) is 0 Å². The molecule has 1 aromatic heterocycles. The van der Waals surface area contributed by atoms with Crippen LogP contribution in [0.2, 0.25) is 0 Å². The van der Waals surface area contributed by atoms with Crippen LogP contribution >= 0.6 is 0 Å². The number of amides is 1. The first-order valence-corrected chi connectivity index (χ1v) is 9.48. The summed E-state index contributed by atoms with van der Waals surface area (Å²) in [6, 6.07) is 1.72. The summed E-state index contributed by atoms with van der Waals surface area (Å²) in [7, 11) is 0. The van der Waals surface area contributed by atoms with Crippen LogP contribution in [0, 0.1) is 18.3 Å². The van der Waals surface area contributed by atoms with E-state index in [2.05, 4.69) is 34.0 Å². The molecule has 1 unspecified atom stereocenters. The molecule has 1 saturated heterocycles. The SMILES string of the molecule is Cc1cc(=O)[nH]c(N2CCC(NC(=O)C3CCCCC3(C)C)CC2)n1. The number of nitrogens with zero attached hydrogens (tertiary/aromatic N) is 2. The molecule has 2 fully saturated rings. The molecule has 0 aromatic carbocycles. The molecule has 1 aromatic rings. The Morgan fingerprint density at radius 1 is 1.28 bits per heavy atom. The van der Waals surface area contributed by atoms with Crippen LogP contribution in [0.15, 0.2) is 10.9 Å². The number of nitrogens with one attached hydrogen (secondary N) is 2. The molecule has 1 amide bonds. The van der Waals surface area contributed by atoms with E-state index < -0.39 is 0 Å². The molecular weight excluding hydrogens is 316 g/mol. The van der Waals surface area contributed by atoms with Crippen molar-refractivity contribution in [1.82, 2.24) is 15.3 Å². The van der Waals surface area contributed by atoms with Gasteiger partial charge in [0.25, 0.3) is 5.56 Å². The first kappa shape index (κ1) is 18.0. The van der Waals surface area contributed by atoms with E-state index in [0.717, 1.165) is 50.9 Å². The maximum atomic E-state index is 12.7. The van der Waals surface area contributed by atoms with Crippen molar-refractivity contribution in [2.24, 2.45) is 11.3 Å². The van der Waals surface area contributed by atoms with Crippen LogP contribution in [0.1, 0.15) is 58.1 Å². The average Bonchev–Trinajstić information content (AvgIpc) is 2.54. The van der Waals surface area contributed by atoms with Crippen molar-refractivity contribution in [2.45, 2.75) is 65.3 Å². The molecule has 0 bridgehead atoms. The van der Waals surface area contributed by atoms with Crippen molar-refractivity contribution in [3.8, 4) is 0 Å². The number of anilines is 1. The van der Waals surface area contributed by atoms with Gasteiger partial charge in [0.1, 0.15) is 0 Å². The second-order valence-corrected chi connectivity index (χ2v) is 8.27. The zero-order valence-corrected chi connectivity index (χ0v) is 15.6. The third kappa shape index (κ3) is 4.22. The van der Waals surface area contributed by atoms with Crippen molar-refractivity contribution in [1.29, 1.82) is 0 Å². The van der Waals surface area contributed by atoms with Gasteiger partial charge in [-0.2, -0.15) is 0 Å². The summed E-state index contributed by atoms with van der Waals surface area (Å²) in [5.41, 5.74) is 0.722. The van der Waals surface area contributed by atoms with Gasteiger partial charge in [0, 0.05) is 36.8 Å². The van der Waals surface area contributed by atoms with Crippen LogP contribution in [-0.4, -0.2) is 35.0 Å². The highest BCUT2D eigenvalue weighted by molar-refractivity contribution is 5.79. The fraction of sp³-hybridized carbons (Fsp3) is 0.737. The summed E-state index contributed by atoms with van der Waals surface area (Å²) in [5.74, 6) is 1.00. The molecule has 2 N–H and O–H groups in total. The summed E-state index contributed by atoms with van der Waals surface area (Å²) < 4.78 is 0.